The molecule has 0 bridgehead atoms. The lowest BCUT2D eigenvalue weighted by Crippen LogP contribution is -2.29. The van der Waals surface area contributed by atoms with Gasteiger partial charge in [0.05, 0.1) is 18.9 Å². The zero-order valence-corrected chi connectivity index (χ0v) is 16.4. The number of ether oxygens (including phenoxy) is 2. The Hall–Kier alpha value is -3.26. The predicted octanol–water partition coefficient (Wildman–Crippen LogP) is 3.64. The molecule has 0 unspecified atom stereocenters. The van der Waals surface area contributed by atoms with E-state index < -0.39 is 0 Å². The van der Waals surface area contributed by atoms with Gasteiger partial charge in [-0.3, -0.25) is 4.79 Å². The molecule has 7 nitrogen and oxygen atoms in total. The van der Waals surface area contributed by atoms with Crippen molar-refractivity contribution < 1.29 is 14.3 Å². The van der Waals surface area contributed by atoms with Gasteiger partial charge in [0.2, 0.25) is 0 Å². The highest BCUT2D eigenvalue weighted by molar-refractivity contribution is 7.13. The number of rotatable bonds is 7. The molecular formula is C20H20N4O3S. The van der Waals surface area contributed by atoms with E-state index in [1.807, 2.05) is 36.4 Å². The van der Waals surface area contributed by atoms with Crippen LogP contribution in [0.15, 0.2) is 42.5 Å². The smallest absolute Gasteiger partial charge is 0.267 e. The number of amides is 1. The molecule has 0 aliphatic rings. The van der Waals surface area contributed by atoms with Gasteiger partial charge < -0.3 is 25.1 Å². The van der Waals surface area contributed by atoms with Crippen molar-refractivity contribution in [3.05, 3.63) is 48.2 Å². The Morgan fingerprint density at radius 2 is 1.89 bits per heavy atom. The molecular weight excluding hydrogens is 376 g/mol. The summed E-state index contributed by atoms with van der Waals surface area (Å²) in [6.45, 7) is 1.06. The first-order chi connectivity index (χ1) is 13.7. The third kappa shape index (κ3) is 3.46. The number of aromatic nitrogens is 2. The van der Waals surface area contributed by atoms with Crippen LogP contribution in [0.4, 0.5) is 5.82 Å². The lowest BCUT2D eigenvalue weighted by molar-refractivity contribution is 0.0951. The summed E-state index contributed by atoms with van der Waals surface area (Å²) in [7, 11) is 3.17. The highest BCUT2D eigenvalue weighted by atomic mass is 32.1. The Bertz CT molecular complexity index is 1090. The third-order valence-electron chi connectivity index (χ3n) is 4.45. The molecule has 2 heterocycles. The molecule has 0 fully saturated rings. The van der Waals surface area contributed by atoms with Gasteiger partial charge in [0.25, 0.3) is 5.91 Å². The molecule has 2 aromatic heterocycles. The van der Waals surface area contributed by atoms with Crippen LogP contribution >= 0.6 is 11.5 Å². The fourth-order valence-electron chi connectivity index (χ4n) is 3.05. The monoisotopic (exact) mass is 396 g/mol. The fraction of sp³-hybridized carbons (Fsp3) is 0.200. The normalized spacial score (nSPS) is 10.9. The molecule has 1 amide bonds. The highest BCUT2D eigenvalue weighted by Gasteiger charge is 2.13. The van der Waals surface area contributed by atoms with Crippen LogP contribution in [-0.2, 0) is 0 Å². The summed E-state index contributed by atoms with van der Waals surface area (Å²) >= 11 is 1.46. The van der Waals surface area contributed by atoms with E-state index in [9.17, 15) is 4.79 Å². The molecule has 0 saturated carbocycles. The van der Waals surface area contributed by atoms with Crippen LogP contribution in [0, 0.1) is 0 Å². The van der Waals surface area contributed by atoms with Crippen LogP contribution in [-0.4, -0.2) is 42.6 Å². The van der Waals surface area contributed by atoms with Gasteiger partial charge in [0.1, 0.15) is 11.5 Å². The molecule has 0 spiro atoms. The van der Waals surface area contributed by atoms with E-state index >= 15 is 0 Å². The number of benzene rings is 2. The molecule has 0 aliphatic heterocycles. The Morgan fingerprint density at radius 3 is 2.71 bits per heavy atom. The zero-order valence-electron chi connectivity index (χ0n) is 15.5. The van der Waals surface area contributed by atoms with Crippen molar-refractivity contribution in [3.8, 4) is 11.5 Å². The van der Waals surface area contributed by atoms with E-state index in [-0.39, 0.29) is 5.91 Å². The molecule has 144 valence electrons. The molecule has 4 rings (SSSR count). The number of hydrogen-bond acceptors (Lipinski definition) is 6. The predicted molar refractivity (Wildman–Crippen MR) is 112 cm³/mol. The number of methoxy groups -OCH3 is 2. The summed E-state index contributed by atoms with van der Waals surface area (Å²) in [5.41, 5.74) is 1.30. The summed E-state index contributed by atoms with van der Waals surface area (Å²) in [4.78, 5) is 15.6. The standard InChI is InChI=1S/C20H20N4O3S/c1-26-16-10-12-9-15(23-14(12)11-17(16)27-2)20(25)22-8-7-21-19-13-5-3-4-6-18(13)28-24-19/h3-6,9-11,23H,7-8H2,1-2H3,(H,21,24)(H,22,25). The van der Waals surface area contributed by atoms with Crippen molar-refractivity contribution in [2.24, 2.45) is 0 Å². The summed E-state index contributed by atoms with van der Waals surface area (Å²) < 4.78 is 16.2. The van der Waals surface area contributed by atoms with E-state index in [2.05, 4.69) is 20.0 Å². The van der Waals surface area contributed by atoms with Gasteiger partial charge in [-0.25, -0.2) is 0 Å². The van der Waals surface area contributed by atoms with Crippen LogP contribution in [0.5, 0.6) is 11.5 Å². The maximum atomic E-state index is 12.5. The van der Waals surface area contributed by atoms with E-state index in [0.29, 0.717) is 30.3 Å². The first-order valence-electron chi connectivity index (χ1n) is 8.81. The second kappa shape index (κ2) is 7.77. The van der Waals surface area contributed by atoms with Crippen molar-refractivity contribution >= 4 is 44.2 Å². The third-order valence-corrected chi connectivity index (χ3v) is 5.28. The molecule has 8 heteroatoms. The van der Waals surface area contributed by atoms with Gasteiger partial charge in [0.15, 0.2) is 11.5 Å². The Balaban J connectivity index is 1.38. The topological polar surface area (TPSA) is 88.3 Å². The Kier molecular flexibility index (Phi) is 5.03. The average Bonchev–Trinajstić information content (AvgIpc) is 3.33. The largest absolute Gasteiger partial charge is 0.493 e. The summed E-state index contributed by atoms with van der Waals surface area (Å²) in [6.07, 6.45) is 0. The zero-order chi connectivity index (χ0) is 19.5. The SMILES string of the molecule is COc1cc2cc(C(=O)NCCNc3nsc4ccccc34)[nH]c2cc1OC. The molecule has 0 aliphatic carbocycles. The van der Waals surface area contributed by atoms with E-state index in [4.69, 9.17) is 9.47 Å². The minimum Gasteiger partial charge on any atom is -0.493 e. The number of hydrogen-bond donors (Lipinski definition) is 3. The van der Waals surface area contributed by atoms with Crippen molar-refractivity contribution in [2.75, 3.05) is 32.6 Å². The first kappa shape index (κ1) is 18.1. The van der Waals surface area contributed by atoms with Gasteiger partial charge in [-0.15, -0.1) is 0 Å². The van der Waals surface area contributed by atoms with Crippen LogP contribution in [0.1, 0.15) is 10.5 Å². The molecule has 0 atom stereocenters. The van der Waals surface area contributed by atoms with Crippen LogP contribution in [0.25, 0.3) is 21.0 Å². The van der Waals surface area contributed by atoms with Crippen LogP contribution in [0.3, 0.4) is 0 Å². The van der Waals surface area contributed by atoms with Crippen LogP contribution < -0.4 is 20.1 Å². The van der Waals surface area contributed by atoms with Crippen molar-refractivity contribution in [1.82, 2.24) is 14.7 Å². The second-order valence-electron chi connectivity index (χ2n) is 6.19. The maximum absolute atomic E-state index is 12.5. The van der Waals surface area contributed by atoms with Gasteiger partial charge in [-0.1, -0.05) is 12.1 Å². The van der Waals surface area contributed by atoms with Crippen molar-refractivity contribution in [2.45, 2.75) is 0 Å². The number of carbonyl (C=O) groups is 1. The summed E-state index contributed by atoms with van der Waals surface area (Å²) in [5.74, 6) is 1.92. The van der Waals surface area contributed by atoms with E-state index in [1.54, 1.807) is 20.3 Å². The van der Waals surface area contributed by atoms with Gasteiger partial charge in [0, 0.05) is 35.4 Å². The minimum absolute atomic E-state index is 0.168. The molecule has 3 N–H and O–H groups in total. The van der Waals surface area contributed by atoms with Gasteiger partial charge in [-0.2, -0.15) is 4.37 Å². The molecule has 0 saturated heterocycles. The van der Waals surface area contributed by atoms with Gasteiger partial charge in [-0.05, 0) is 35.8 Å². The highest BCUT2D eigenvalue weighted by Crippen LogP contribution is 2.32. The van der Waals surface area contributed by atoms with E-state index in [1.165, 1.54) is 11.5 Å². The van der Waals surface area contributed by atoms with Crippen molar-refractivity contribution in [1.29, 1.82) is 0 Å². The Labute approximate surface area is 165 Å². The number of aromatic amines is 1. The second-order valence-corrected chi connectivity index (χ2v) is 6.99. The number of H-pyrrole nitrogens is 1. The maximum Gasteiger partial charge on any atom is 0.267 e. The molecule has 2 aromatic carbocycles. The van der Waals surface area contributed by atoms with Gasteiger partial charge >= 0.3 is 0 Å². The van der Waals surface area contributed by atoms with Crippen molar-refractivity contribution in [3.63, 3.8) is 0 Å². The van der Waals surface area contributed by atoms with E-state index in [0.717, 1.165) is 26.8 Å². The van der Waals surface area contributed by atoms with Crippen LogP contribution in [0.2, 0.25) is 0 Å². The first-order valence-corrected chi connectivity index (χ1v) is 9.58. The average molecular weight is 396 g/mol. The fourth-order valence-corrected chi connectivity index (χ4v) is 3.80. The summed E-state index contributed by atoms with van der Waals surface area (Å²) in [5, 5.41) is 8.16. The molecule has 28 heavy (non-hydrogen) atoms. The molecule has 4 aromatic rings. The number of anilines is 1. The lowest BCUT2D eigenvalue weighted by atomic mass is 10.2. The molecule has 0 radical (unpaired) electrons. The number of fused-ring (bicyclic) bond motifs is 2. The number of nitrogens with zero attached hydrogens (tertiary/aromatic N) is 1. The lowest BCUT2D eigenvalue weighted by Gasteiger charge is -2.06. The Morgan fingerprint density at radius 1 is 1.11 bits per heavy atom. The summed E-state index contributed by atoms with van der Waals surface area (Å²) in [6, 6.07) is 13.5. The number of nitrogens with one attached hydrogen (secondary N) is 3. The quantitative estimate of drug-likeness (QED) is 0.415. The number of carbonyl (C=O) groups excluding carboxylic acids is 1. The minimum atomic E-state index is -0.168.